The van der Waals surface area contributed by atoms with Gasteiger partial charge in [0.15, 0.2) is 0 Å². The molecule has 0 aliphatic heterocycles. The number of rotatable bonds is 2. The van der Waals surface area contributed by atoms with Crippen LogP contribution < -0.4 is 16.8 Å². The van der Waals surface area contributed by atoms with Crippen molar-refractivity contribution in [3.8, 4) is 0 Å². The van der Waals surface area contributed by atoms with Gasteiger partial charge in [-0.1, -0.05) is 35.5 Å². The van der Waals surface area contributed by atoms with Gasteiger partial charge in [0.1, 0.15) is 12.4 Å². The van der Waals surface area contributed by atoms with Crippen molar-refractivity contribution in [2.24, 2.45) is 16.6 Å². The molecule has 1 aromatic rings. The summed E-state index contributed by atoms with van der Waals surface area (Å²) < 4.78 is 4.85. The number of hydrogen-bond donors (Lipinski definition) is 6. The summed E-state index contributed by atoms with van der Waals surface area (Å²) in [6.45, 7) is 4.73. The minimum Gasteiger partial charge on any atom is -0.444 e. The largest absolute Gasteiger partial charge is 0.444 e. The fourth-order valence-corrected chi connectivity index (χ4v) is 0.912. The number of oxime groups is 1. The minimum atomic E-state index is -0.596. The molecule has 0 fully saturated rings. The average molecular weight is 324 g/mol. The van der Waals surface area contributed by atoms with Crippen LogP contribution in [0.25, 0.3) is 0 Å². The fraction of sp³-hybridized carbons (Fsp3) is 0.286. The SMILES string of the molecule is CC(=N)N.CC(=N)NC(=O)OCc1ccccc1.CC(N)=NO. The number of amides is 1. The van der Waals surface area contributed by atoms with Gasteiger partial charge in [-0.25, -0.2) is 4.79 Å². The Kier molecular flexibility index (Phi) is 13.4. The lowest BCUT2D eigenvalue weighted by Gasteiger charge is -2.04. The molecule has 0 atom stereocenters. The van der Waals surface area contributed by atoms with Crippen molar-refractivity contribution >= 4 is 23.6 Å². The molecule has 8 N–H and O–H groups in total. The first kappa shape index (κ1) is 22.2. The first-order valence-electron chi connectivity index (χ1n) is 6.46. The predicted molar refractivity (Wildman–Crippen MR) is 89.8 cm³/mol. The number of nitrogens with two attached hydrogens (primary N) is 2. The second-order valence-corrected chi connectivity index (χ2v) is 4.24. The summed E-state index contributed by atoms with van der Waals surface area (Å²) in [5, 5.41) is 25.7. The first-order chi connectivity index (χ1) is 10.7. The van der Waals surface area contributed by atoms with Crippen LogP contribution in [-0.2, 0) is 11.3 Å². The zero-order valence-corrected chi connectivity index (χ0v) is 13.5. The van der Waals surface area contributed by atoms with Crippen LogP contribution in [0.3, 0.4) is 0 Å². The van der Waals surface area contributed by atoms with E-state index in [4.69, 9.17) is 32.2 Å². The highest BCUT2D eigenvalue weighted by molar-refractivity contribution is 5.91. The van der Waals surface area contributed by atoms with Crippen LogP contribution in [0.4, 0.5) is 4.79 Å². The second kappa shape index (κ2) is 13.9. The number of benzene rings is 1. The zero-order chi connectivity index (χ0) is 18.3. The van der Waals surface area contributed by atoms with E-state index in [9.17, 15) is 4.79 Å². The number of carbonyl (C=O) groups excluding carboxylic acids is 1. The normalized spacial score (nSPS) is 9.26. The molecule has 1 amide bonds. The van der Waals surface area contributed by atoms with Gasteiger partial charge in [-0.05, 0) is 26.3 Å². The van der Waals surface area contributed by atoms with E-state index < -0.39 is 6.09 Å². The number of nitrogens with one attached hydrogen (secondary N) is 3. The minimum absolute atomic E-state index is 0.0723. The maximum absolute atomic E-state index is 11.0. The summed E-state index contributed by atoms with van der Waals surface area (Å²) in [4.78, 5) is 11.0. The lowest BCUT2D eigenvalue weighted by Crippen LogP contribution is -2.27. The van der Waals surface area contributed by atoms with Crippen LogP contribution >= 0.6 is 0 Å². The number of alkyl carbamates (subject to hydrolysis) is 1. The van der Waals surface area contributed by atoms with Gasteiger partial charge in [-0.3, -0.25) is 16.1 Å². The third-order valence-corrected chi connectivity index (χ3v) is 1.66. The number of ether oxygens (including phenoxy) is 1. The molecule has 0 aliphatic rings. The van der Waals surface area contributed by atoms with E-state index in [0.29, 0.717) is 0 Å². The third kappa shape index (κ3) is 21.4. The average Bonchev–Trinajstić information content (AvgIpc) is 2.45. The quantitative estimate of drug-likeness (QED) is 0.209. The highest BCUT2D eigenvalue weighted by Gasteiger charge is 2.01. The van der Waals surface area contributed by atoms with Crippen molar-refractivity contribution in [2.75, 3.05) is 0 Å². The molecule has 1 rings (SSSR count). The van der Waals surface area contributed by atoms with Gasteiger partial charge in [-0.2, -0.15) is 0 Å². The van der Waals surface area contributed by atoms with Crippen molar-refractivity contribution in [1.82, 2.24) is 5.32 Å². The predicted octanol–water partition coefficient (Wildman–Crippen LogP) is 1.60. The Morgan fingerprint density at radius 1 is 1.22 bits per heavy atom. The summed E-state index contributed by atoms with van der Waals surface area (Å²) in [7, 11) is 0. The van der Waals surface area contributed by atoms with Crippen molar-refractivity contribution < 1.29 is 14.7 Å². The van der Waals surface area contributed by atoms with Gasteiger partial charge in [-0.15, -0.1) is 0 Å². The maximum atomic E-state index is 11.0. The Labute approximate surface area is 135 Å². The summed E-state index contributed by atoms with van der Waals surface area (Å²) in [5.74, 6) is 0.424. The maximum Gasteiger partial charge on any atom is 0.412 e. The second-order valence-electron chi connectivity index (χ2n) is 4.24. The number of carbonyl (C=O) groups is 1. The molecule has 9 nitrogen and oxygen atoms in total. The van der Waals surface area contributed by atoms with Crippen molar-refractivity contribution in [2.45, 2.75) is 27.4 Å². The molecule has 9 heteroatoms. The van der Waals surface area contributed by atoms with Gasteiger partial charge in [0, 0.05) is 0 Å². The van der Waals surface area contributed by atoms with Crippen molar-refractivity contribution in [1.29, 1.82) is 10.8 Å². The molecule has 0 saturated heterocycles. The van der Waals surface area contributed by atoms with Crippen LogP contribution in [0.15, 0.2) is 35.5 Å². The van der Waals surface area contributed by atoms with Gasteiger partial charge in [0.05, 0.1) is 11.7 Å². The molecular formula is C14H24N6O3. The van der Waals surface area contributed by atoms with Crippen LogP contribution in [0.5, 0.6) is 0 Å². The molecule has 0 saturated carbocycles. The Morgan fingerprint density at radius 3 is 2.00 bits per heavy atom. The molecule has 0 spiro atoms. The fourth-order valence-electron chi connectivity index (χ4n) is 0.912. The summed E-state index contributed by atoms with van der Waals surface area (Å²) >= 11 is 0. The van der Waals surface area contributed by atoms with E-state index in [1.165, 1.54) is 20.8 Å². The molecule has 128 valence electrons. The van der Waals surface area contributed by atoms with Crippen LogP contribution in [-0.4, -0.2) is 28.8 Å². The Bertz CT molecular complexity index is 509. The molecule has 0 radical (unpaired) electrons. The van der Waals surface area contributed by atoms with Crippen LogP contribution in [0.2, 0.25) is 0 Å². The van der Waals surface area contributed by atoms with Gasteiger partial charge in [0.2, 0.25) is 0 Å². The van der Waals surface area contributed by atoms with E-state index in [0.717, 1.165) is 5.56 Å². The molecule has 1 aromatic carbocycles. The lowest BCUT2D eigenvalue weighted by molar-refractivity contribution is 0.145. The molecule has 0 aliphatic carbocycles. The summed E-state index contributed by atoms with van der Waals surface area (Å²) in [5.41, 5.74) is 10.4. The smallest absolute Gasteiger partial charge is 0.412 e. The number of amidine groups is 3. The Hall–Kier alpha value is -3.10. The van der Waals surface area contributed by atoms with E-state index >= 15 is 0 Å². The molecular weight excluding hydrogens is 300 g/mol. The molecule has 0 unspecified atom stereocenters. The molecule has 23 heavy (non-hydrogen) atoms. The Morgan fingerprint density at radius 2 is 1.65 bits per heavy atom. The molecule has 0 aromatic heterocycles. The van der Waals surface area contributed by atoms with Gasteiger partial charge >= 0.3 is 6.09 Å². The van der Waals surface area contributed by atoms with Gasteiger partial charge in [0.25, 0.3) is 0 Å². The first-order valence-corrected chi connectivity index (χ1v) is 6.46. The monoisotopic (exact) mass is 324 g/mol. The third-order valence-electron chi connectivity index (χ3n) is 1.66. The van der Waals surface area contributed by atoms with E-state index in [1.807, 2.05) is 30.3 Å². The van der Waals surface area contributed by atoms with Crippen molar-refractivity contribution in [3.05, 3.63) is 35.9 Å². The van der Waals surface area contributed by atoms with Crippen LogP contribution in [0.1, 0.15) is 26.3 Å². The standard InChI is InChI=1S/C10H12N2O2.C2H6N2O.C2H6N2/c1-8(11)12-10(13)14-7-9-5-3-2-4-6-9;1-2(3)4-5;1-2(3)4/h2-6H,7H2,1H3,(H2,11,12,13);5H,1H3,(H2,3,4);1H3,(H3,3,4). The van der Waals surface area contributed by atoms with Gasteiger partial charge < -0.3 is 21.4 Å². The van der Waals surface area contributed by atoms with E-state index in [2.05, 4.69) is 10.5 Å². The Balaban J connectivity index is 0. The molecule has 0 heterocycles. The topological polar surface area (TPSA) is 171 Å². The van der Waals surface area contributed by atoms with Crippen LogP contribution in [0, 0.1) is 10.8 Å². The summed E-state index contributed by atoms with van der Waals surface area (Å²) in [6, 6.07) is 9.37. The highest BCUT2D eigenvalue weighted by atomic mass is 16.5. The van der Waals surface area contributed by atoms with Crippen molar-refractivity contribution in [3.63, 3.8) is 0 Å². The summed E-state index contributed by atoms with van der Waals surface area (Å²) in [6.07, 6.45) is -0.596. The van der Waals surface area contributed by atoms with E-state index in [-0.39, 0.29) is 24.1 Å². The molecule has 0 bridgehead atoms. The number of nitrogens with zero attached hydrogens (tertiary/aromatic N) is 1. The highest BCUT2D eigenvalue weighted by Crippen LogP contribution is 2.00. The lowest BCUT2D eigenvalue weighted by atomic mass is 10.2. The number of hydrogen-bond acceptors (Lipinski definition) is 6. The van der Waals surface area contributed by atoms with E-state index in [1.54, 1.807) is 0 Å². The zero-order valence-electron chi connectivity index (χ0n) is 13.5.